The van der Waals surface area contributed by atoms with Gasteiger partial charge in [0.1, 0.15) is 5.75 Å². The Hall–Kier alpha value is -2.42. The second-order valence-electron chi connectivity index (χ2n) is 5.74. The molecule has 2 rings (SSSR count). The van der Waals surface area contributed by atoms with Crippen LogP contribution in [0.4, 0.5) is 0 Å². The van der Waals surface area contributed by atoms with Crippen molar-refractivity contribution in [2.75, 3.05) is 35.5 Å². The van der Waals surface area contributed by atoms with Crippen molar-refractivity contribution in [2.45, 2.75) is 11.6 Å². The van der Waals surface area contributed by atoms with Crippen LogP contribution in [0.15, 0.2) is 30.3 Å². The Morgan fingerprint density at radius 2 is 1.42 bits per heavy atom. The van der Waals surface area contributed by atoms with Crippen molar-refractivity contribution in [1.82, 2.24) is 0 Å². The van der Waals surface area contributed by atoms with E-state index in [1.807, 2.05) is 36.4 Å². The fraction of sp³-hybridized carbons (Fsp3) is 0.474. The highest BCUT2D eigenvalue weighted by Gasteiger charge is 2.85. The Balaban J connectivity index is 2.51. The Morgan fingerprint density at radius 1 is 0.885 bits per heavy atom. The van der Waals surface area contributed by atoms with E-state index in [1.165, 1.54) is 28.4 Å². The summed E-state index contributed by atoms with van der Waals surface area (Å²) in [6.07, 6.45) is 3.49. The van der Waals surface area contributed by atoms with Crippen molar-refractivity contribution in [1.29, 1.82) is 10.5 Å². The lowest BCUT2D eigenvalue weighted by atomic mass is 9.51. The van der Waals surface area contributed by atoms with Crippen LogP contribution in [0.5, 0.6) is 5.75 Å². The fourth-order valence-corrected chi connectivity index (χ4v) is 3.69. The molecule has 1 aromatic carbocycles. The topological polar surface area (TPSA) is 93.7 Å². The molecule has 0 N–H and O–H groups in total. The number of methoxy groups -OCH3 is 5. The first-order valence-corrected chi connectivity index (χ1v) is 7.86. The molecule has 1 unspecified atom stereocenters. The maximum absolute atomic E-state index is 9.80. The molecule has 0 bridgehead atoms. The zero-order chi connectivity index (χ0) is 19.4. The van der Waals surface area contributed by atoms with Crippen LogP contribution in [-0.2, 0) is 18.9 Å². The highest BCUT2D eigenvalue weighted by molar-refractivity contribution is 5.54. The van der Waals surface area contributed by atoms with Crippen molar-refractivity contribution in [3.05, 3.63) is 35.9 Å². The van der Waals surface area contributed by atoms with Gasteiger partial charge in [0, 0.05) is 28.4 Å². The largest absolute Gasteiger partial charge is 0.497 e. The van der Waals surface area contributed by atoms with E-state index in [1.54, 1.807) is 19.3 Å². The summed E-state index contributed by atoms with van der Waals surface area (Å²) in [5, 5.41) is 19.6. The van der Waals surface area contributed by atoms with E-state index in [4.69, 9.17) is 23.7 Å². The number of ether oxygens (including phenoxy) is 5. The first-order valence-electron chi connectivity index (χ1n) is 7.86. The number of nitriles is 2. The second kappa shape index (κ2) is 7.45. The molecule has 7 heteroatoms. The van der Waals surface area contributed by atoms with Crippen molar-refractivity contribution in [3.8, 4) is 17.9 Å². The van der Waals surface area contributed by atoms with E-state index in [0.717, 1.165) is 11.3 Å². The molecule has 0 aliphatic heterocycles. The lowest BCUT2D eigenvalue weighted by Gasteiger charge is -2.64. The lowest BCUT2D eigenvalue weighted by Crippen LogP contribution is -2.83. The number of hydrogen-bond acceptors (Lipinski definition) is 7. The third-order valence-electron chi connectivity index (χ3n) is 4.98. The summed E-state index contributed by atoms with van der Waals surface area (Å²) in [6, 6.07) is 11.4. The molecular formula is C19H22N2O5. The average molecular weight is 358 g/mol. The minimum Gasteiger partial charge on any atom is -0.497 e. The zero-order valence-corrected chi connectivity index (χ0v) is 15.5. The van der Waals surface area contributed by atoms with E-state index in [9.17, 15) is 10.5 Å². The normalized spacial score (nSPS) is 22.2. The standard InChI is InChI=1S/C19H22N2O5/c1-22-15-9-6-14(7-10-15)8-11-16-17(12-20,13-21)19(25-4,26-5)18(16,23-2)24-3/h6-11,16H,1-5H3/b11-8+. The Bertz CT molecular complexity index is 723. The summed E-state index contributed by atoms with van der Waals surface area (Å²) < 4.78 is 27.2. The van der Waals surface area contributed by atoms with E-state index >= 15 is 0 Å². The third kappa shape index (κ3) is 2.33. The average Bonchev–Trinajstić information content (AvgIpc) is 2.69. The Labute approximate surface area is 153 Å². The van der Waals surface area contributed by atoms with Crippen LogP contribution in [0.3, 0.4) is 0 Å². The van der Waals surface area contributed by atoms with Gasteiger partial charge < -0.3 is 23.7 Å². The summed E-state index contributed by atoms with van der Waals surface area (Å²) in [5.41, 5.74) is -0.782. The molecule has 0 spiro atoms. The molecule has 0 radical (unpaired) electrons. The lowest BCUT2D eigenvalue weighted by molar-refractivity contribution is -0.489. The van der Waals surface area contributed by atoms with Crippen LogP contribution in [0.2, 0.25) is 0 Å². The monoisotopic (exact) mass is 358 g/mol. The van der Waals surface area contributed by atoms with Crippen molar-refractivity contribution in [2.24, 2.45) is 11.3 Å². The number of hydrogen-bond donors (Lipinski definition) is 0. The van der Waals surface area contributed by atoms with Crippen molar-refractivity contribution < 1.29 is 23.7 Å². The predicted molar refractivity (Wildman–Crippen MR) is 92.7 cm³/mol. The van der Waals surface area contributed by atoms with Gasteiger partial charge in [0.15, 0.2) is 0 Å². The Morgan fingerprint density at radius 3 is 1.81 bits per heavy atom. The van der Waals surface area contributed by atoms with Crippen LogP contribution in [0.1, 0.15) is 5.56 Å². The van der Waals surface area contributed by atoms with Gasteiger partial charge in [-0.3, -0.25) is 0 Å². The molecule has 0 heterocycles. The van der Waals surface area contributed by atoms with Crippen LogP contribution >= 0.6 is 0 Å². The number of nitrogens with zero attached hydrogens (tertiary/aromatic N) is 2. The molecule has 0 amide bonds. The molecule has 7 nitrogen and oxygen atoms in total. The van der Waals surface area contributed by atoms with Crippen molar-refractivity contribution >= 4 is 6.08 Å². The van der Waals surface area contributed by atoms with Gasteiger partial charge in [-0.05, 0) is 17.7 Å². The van der Waals surface area contributed by atoms with Crippen LogP contribution in [0.25, 0.3) is 6.08 Å². The third-order valence-corrected chi connectivity index (χ3v) is 4.98. The minimum absolute atomic E-state index is 0.732. The maximum atomic E-state index is 9.80. The van der Waals surface area contributed by atoms with E-state index in [0.29, 0.717) is 0 Å². The molecule has 138 valence electrons. The van der Waals surface area contributed by atoms with Gasteiger partial charge in [0.25, 0.3) is 5.79 Å². The van der Waals surface area contributed by atoms with Gasteiger partial charge in [0.05, 0.1) is 25.2 Å². The van der Waals surface area contributed by atoms with Gasteiger partial charge in [-0.2, -0.15) is 10.5 Å². The van der Waals surface area contributed by atoms with E-state index < -0.39 is 22.9 Å². The maximum Gasteiger partial charge on any atom is 0.257 e. The van der Waals surface area contributed by atoms with Gasteiger partial charge in [-0.1, -0.05) is 24.3 Å². The van der Waals surface area contributed by atoms with Gasteiger partial charge in [-0.25, -0.2) is 0 Å². The number of benzene rings is 1. The molecule has 1 aliphatic carbocycles. The SMILES string of the molecule is COc1ccc(/C=C/C2C(C#N)(C#N)C(OC)(OC)C2(OC)OC)cc1. The quantitative estimate of drug-likeness (QED) is 0.691. The molecule has 0 saturated heterocycles. The number of rotatable bonds is 7. The van der Waals surface area contributed by atoms with Gasteiger partial charge in [0.2, 0.25) is 11.2 Å². The van der Waals surface area contributed by atoms with Crippen LogP contribution in [0, 0.1) is 34.0 Å². The minimum atomic E-state index is -1.69. The fourth-order valence-electron chi connectivity index (χ4n) is 3.69. The Kier molecular flexibility index (Phi) is 5.70. The molecule has 1 aromatic rings. The summed E-state index contributed by atoms with van der Waals surface area (Å²) in [5.74, 6) is -3.16. The highest BCUT2D eigenvalue weighted by atomic mass is 16.8. The summed E-state index contributed by atoms with van der Waals surface area (Å²) in [6.45, 7) is 0. The van der Waals surface area contributed by atoms with Crippen molar-refractivity contribution in [3.63, 3.8) is 0 Å². The van der Waals surface area contributed by atoms with E-state index in [-0.39, 0.29) is 0 Å². The first kappa shape index (κ1) is 19.9. The van der Waals surface area contributed by atoms with Gasteiger partial charge in [-0.15, -0.1) is 0 Å². The molecule has 0 aromatic heterocycles. The predicted octanol–water partition coefficient (Wildman–Crippen LogP) is 2.35. The molecule has 1 aliphatic rings. The van der Waals surface area contributed by atoms with Crippen LogP contribution < -0.4 is 4.74 Å². The molecule has 1 saturated carbocycles. The molecule has 1 fully saturated rings. The van der Waals surface area contributed by atoms with E-state index in [2.05, 4.69) is 0 Å². The molecular weight excluding hydrogens is 336 g/mol. The molecule has 1 atom stereocenters. The highest BCUT2D eigenvalue weighted by Crippen LogP contribution is 2.65. The second-order valence-corrected chi connectivity index (χ2v) is 5.74. The summed E-state index contributed by atoms with van der Waals surface area (Å²) >= 11 is 0. The van der Waals surface area contributed by atoms with Gasteiger partial charge >= 0.3 is 0 Å². The first-order chi connectivity index (χ1) is 12.5. The van der Waals surface area contributed by atoms with Crippen LogP contribution in [-0.4, -0.2) is 47.1 Å². The summed E-state index contributed by atoms with van der Waals surface area (Å²) in [4.78, 5) is 0. The zero-order valence-electron chi connectivity index (χ0n) is 15.5. The smallest absolute Gasteiger partial charge is 0.257 e. The molecule has 26 heavy (non-hydrogen) atoms. The summed E-state index contributed by atoms with van der Waals surface area (Å²) in [7, 11) is 7.13.